The average Bonchev–Trinajstić information content (AvgIpc) is 2.67. The van der Waals surface area contributed by atoms with Gasteiger partial charge in [0.1, 0.15) is 5.75 Å². The fourth-order valence-corrected chi connectivity index (χ4v) is 2.06. The van der Waals surface area contributed by atoms with Crippen LogP contribution < -0.4 is 14.2 Å². The van der Waals surface area contributed by atoms with E-state index in [4.69, 9.17) is 14.2 Å². The van der Waals surface area contributed by atoms with Crippen LogP contribution in [0.15, 0.2) is 54.6 Å². The number of hydrogen-bond donors (Lipinski definition) is 0. The highest BCUT2D eigenvalue weighted by molar-refractivity contribution is 5.88. The Morgan fingerprint density at radius 2 is 1.77 bits per heavy atom. The summed E-state index contributed by atoms with van der Waals surface area (Å²) in [7, 11) is 2.84. The van der Waals surface area contributed by atoms with Crippen molar-refractivity contribution in [3.8, 4) is 17.2 Å². The van der Waals surface area contributed by atoms with Gasteiger partial charge >= 0.3 is 11.9 Å². The number of benzene rings is 2. The van der Waals surface area contributed by atoms with Crippen molar-refractivity contribution in [1.82, 2.24) is 0 Å². The van der Waals surface area contributed by atoms with Gasteiger partial charge in [0.15, 0.2) is 11.5 Å². The van der Waals surface area contributed by atoms with Crippen LogP contribution in [0.25, 0.3) is 6.08 Å². The van der Waals surface area contributed by atoms with E-state index in [1.165, 1.54) is 20.3 Å². The number of rotatable bonds is 8. The smallest absolute Gasteiger partial charge is 0.336 e. The van der Waals surface area contributed by atoms with Crippen LogP contribution in [0.1, 0.15) is 12.0 Å². The second-order valence-corrected chi connectivity index (χ2v) is 5.15. The van der Waals surface area contributed by atoms with E-state index in [0.717, 1.165) is 5.56 Å². The molecule has 0 saturated heterocycles. The molecule has 6 heteroatoms. The molecule has 136 valence electrons. The van der Waals surface area contributed by atoms with Gasteiger partial charge < -0.3 is 18.9 Å². The number of methoxy groups -OCH3 is 2. The molecule has 0 aromatic heterocycles. The third-order valence-corrected chi connectivity index (χ3v) is 3.35. The van der Waals surface area contributed by atoms with Gasteiger partial charge in [-0.15, -0.1) is 0 Å². The predicted octanol–water partition coefficient (Wildman–Crippen LogP) is 3.26. The topological polar surface area (TPSA) is 71.1 Å². The Balaban J connectivity index is 1.97. The summed E-state index contributed by atoms with van der Waals surface area (Å²) in [6, 6.07) is 14.0. The molecule has 0 aliphatic carbocycles. The molecule has 0 aliphatic rings. The molecule has 0 aliphatic heterocycles. The normalized spacial score (nSPS) is 10.4. The first kappa shape index (κ1) is 19.1. The maximum atomic E-state index is 11.8. The lowest BCUT2D eigenvalue weighted by Gasteiger charge is -2.10. The summed E-state index contributed by atoms with van der Waals surface area (Å²) in [5.41, 5.74) is 0.743. The zero-order valence-electron chi connectivity index (χ0n) is 14.6. The molecule has 0 saturated carbocycles. The van der Waals surface area contributed by atoms with Crippen molar-refractivity contribution in [3.05, 3.63) is 60.2 Å². The minimum absolute atomic E-state index is 0.145. The van der Waals surface area contributed by atoms with Crippen LogP contribution in [-0.2, 0) is 14.3 Å². The molecule has 2 aromatic carbocycles. The fraction of sp³-hybridized carbons (Fsp3) is 0.200. The SMILES string of the molecule is COC(=O)CCOc1ccc(C=CC(=O)Oc2ccccc2)cc1OC. The predicted molar refractivity (Wildman–Crippen MR) is 96.2 cm³/mol. The van der Waals surface area contributed by atoms with Crippen LogP contribution >= 0.6 is 0 Å². The second-order valence-electron chi connectivity index (χ2n) is 5.15. The van der Waals surface area contributed by atoms with E-state index in [-0.39, 0.29) is 19.0 Å². The van der Waals surface area contributed by atoms with Crippen LogP contribution in [0.5, 0.6) is 17.2 Å². The van der Waals surface area contributed by atoms with Crippen LogP contribution in [-0.4, -0.2) is 32.8 Å². The summed E-state index contributed by atoms with van der Waals surface area (Å²) in [4.78, 5) is 22.9. The van der Waals surface area contributed by atoms with Crippen LogP contribution in [0.4, 0.5) is 0 Å². The summed E-state index contributed by atoms with van der Waals surface area (Å²) >= 11 is 0. The first-order chi connectivity index (χ1) is 12.6. The third kappa shape index (κ3) is 5.98. The van der Waals surface area contributed by atoms with Crippen LogP contribution in [0, 0.1) is 0 Å². The Morgan fingerprint density at radius 1 is 1.00 bits per heavy atom. The van der Waals surface area contributed by atoms with Gasteiger partial charge in [0.25, 0.3) is 0 Å². The largest absolute Gasteiger partial charge is 0.493 e. The van der Waals surface area contributed by atoms with E-state index < -0.39 is 5.97 Å². The minimum atomic E-state index is -0.478. The highest BCUT2D eigenvalue weighted by Crippen LogP contribution is 2.28. The third-order valence-electron chi connectivity index (χ3n) is 3.35. The van der Waals surface area contributed by atoms with Gasteiger partial charge in [0, 0.05) is 6.08 Å². The van der Waals surface area contributed by atoms with Gasteiger partial charge in [-0.3, -0.25) is 4.79 Å². The molecule has 0 N–H and O–H groups in total. The number of carbonyl (C=O) groups is 2. The molecule has 0 heterocycles. The fourth-order valence-electron chi connectivity index (χ4n) is 2.06. The van der Waals surface area contributed by atoms with Crippen LogP contribution in [0.2, 0.25) is 0 Å². The molecule has 0 spiro atoms. The Morgan fingerprint density at radius 3 is 2.46 bits per heavy atom. The Bertz CT molecular complexity index is 767. The van der Waals surface area contributed by atoms with Crippen molar-refractivity contribution in [1.29, 1.82) is 0 Å². The van der Waals surface area contributed by atoms with Crippen molar-refractivity contribution >= 4 is 18.0 Å². The zero-order chi connectivity index (χ0) is 18.8. The molecule has 0 amide bonds. The molecule has 0 radical (unpaired) electrons. The highest BCUT2D eigenvalue weighted by atomic mass is 16.5. The number of esters is 2. The summed E-state index contributed by atoms with van der Waals surface area (Å²) < 4.78 is 20.5. The van der Waals surface area contributed by atoms with Gasteiger partial charge in [-0.2, -0.15) is 0 Å². The minimum Gasteiger partial charge on any atom is -0.493 e. The molecular weight excluding hydrogens is 336 g/mol. The quantitative estimate of drug-likeness (QED) is 0.411. The zero-order valence-corrected chi connectivity index (χ0v) is 14.6. The lowest BCUT2D eigenvalue weighted by Crippen LogP contribution is -2.08. The molecular formula is C20H20O6. The Hall–Kier alpha value is -3.28. The Labute approximate surface area is 151 Å². The standard InChI is InChI=1S/C20H20O6/c1-23-18-14-15(8-10-17(18)25-13-12-19(21)24-2)9-11-20(22)26-16-6-4-3-5-7-16/h3-11,14H,12-13H2,1-2H3. The van der Waals surface area contributed by atoms with Crippen molar-refractivity contribution in [3.63, 3.8) is 0 Å². The van der Waals surface area contributed by atoms with E-state index in [0.29, 0.717) is 17.2 Å². The molecule has 26 heavy (non-hydrogen) atoms. The van der Waals surface area contributed by atoms with E-state index in [2.05, 4.69) is 4.74 Å². The molecule has 6 nitrogen and oxygen atoms in total. The number of para-hydroxylation sites is 1. The van der Waals surface area contributed by atoms with Gasteiger partial charge in [-0.1, -0.05) is 24.3 Å². The van der Waals surface area contributed by atoms with Gasteiger partial charge in [0.2, 0.25) is 0 Å². The highest BCUT2D eigenvalue weighted by Gasteiger charge is 2.07. The maximum Gasteiger partial charge on any atom is 0.336 e. The monoisotopic (exact) mass is 356 g/mol. The molecule has 2 aromatic rings. The number of carbonyl (C=O) groups excluding carboxylic acids is 2. The molecule has 0 atom stereocenters. The number of hydrogen-bond acceptors (Lipinski definition) is 6. The van der Waals surface area contributed by atoms with E-state index in [9.17, 15) is 9.59 Å². The van der Waals surface area contributed by atoms with Gasteiger partial charge in [0.05, 0.1) is 27.2 Å². The Kier molecular flexibility index (Phi) is 7.24. The van der Waals surface area contributed by atoms with E-state index >= 15 is 0 Å². The summed E-state index contributed by atoms with van der Waals surface area (Å²) in [6.45, 7) is 0.182. The summed E-state index contributed by atoms with van der Waals surface area (Å²) in [5, 5.41) is 0. The maximum absolute atomic E-state index is 11.8. The van der Waals surface area contributed by atoms with Gasteiger partial charge in [-0.05, 0) is 35.9 Å². The van der Waals surface area contributed by atoms with Crippen molar-refractivity contribution in [2.75, 3.05) is 20.8 Å². The van der Waals surface area contributed by atoms with Crippen molar-refractivity contribution in [2.24, 2.45) is 0 Å². The van der Waals surface area contributed by atoms with E-state index in [1.807, 2.05) is 6.07 Å². The lowest BCUT2D eigenvalue weighted by molar-refractivity contribution is -0.141. The lowest BCUT2D eigenvalue weighted by atomic mass is 10.2. The van der Waals surface area contributed by atoms with E-state index in [1.54, 1.807) is 48.5 Å². The first-order valence-electron chi connectivity index (χ1n) is 7.95. The number of ether oxygens (including phenoxy) is 4. The summed E-state index contributed by atoms with van der Waals surface area (Å²) in [5.74, 6) is 0.650. The summed E-state index contributed by atoms with van der Waals surface area (Å²) in [6.07, 6.45) is 3.10. The molecule has 0 fully saturated rings. The van der Waals surface area contributed by atoms with Gasteiger partial charge in [-0.25, -0.2) is 4.79 Å². The molecule has 0 unspecified atom stereocenters. The molecule has 2 rings (SSSR count). The second kappa shape index (κ2) is 9.88. The first-order valence-corrected chi connectivity index (χ1v) is 7.95. The van der Waals surface area contributed by atoms with Crippen molar-refractivity contribution in [2.45, 2.75) is 6.42 Å². The van der Waals surface area contributed by atoms with Crippen LogP contribution in [0.3, 0.4) is 0 Å². The van der Waals surface area contributed by atoms with Crippen molar-refractivity contribution < 1.29 is 28.5 Å². The molecule has 0 bridgehead atoms. The average molecular weight is 356 g/mol.